The van der Waals surface area contributed by atoms with E-state index >= 15 is 0 Å². The van der Waals surface area contributed by atoms with Gasteiger partial charge in [-0.3, -0.25) is 0 Å². The summed E-state index contributed by atoms with van der Waals surface area (Å²) in [5.74, 6) is -1.02. The van der Waals surface area contributed by atoms with Crippen molar-refractivity contribution in [3.05, 3.63) is 33.8 Å². The number of benzene rings is 1. The number of unbranched alkanes of at least 4 members (excludes halogenated alkanes) is 1. The highest BCUT2D eigenvalue weighted by Crippen LogP contribution is 2.19. The van der Waals surface area contributed by atoms with Crippen LogP contribution in [0.2, 0.25) is 0 Å². The van der Waals surface area contributed by atoms with E-state index in [1.807, 2.05) is 0 Å². The summed E-state index contributed by atoms with van der Waals surface area (Å²) in [6.45, 7) is 3.10. The van der Waals surface area contributed by atoms with Crippen LogP contribution in [-0.4, -0.2) is 6.54 Å². The molecule has 0 unspecified atom stereocenters. The zero-order valence-electron chi connectivity index (χ0n) is 8.62. The Balaban J connectivity index is 2.60. The molecule has 0 saturated carbocycles. The summed E-state index contributed by atoms with van der Waals surface area (Å²) < 4.78 is 27.0. The summed E-state index contributed by atoms with van der Waals surface area (Å²) >= 11 is 3.04. The van der Waals surface area contributed by atoms with Gasteiger partial charge in [0, 0.05) is 16.6 Å². The molecule has 0 amide bonds. The fraction of sp³-hybridized carbons (Fsp3) is 0.455. The minimum atomic E-state index is -0.508. The van der Waals surface area contributed by atoms with Gasteiger partial charge in [0.1, 0.15) is 11.6 Å². The lowest BCUT2D eigenvalue weighted by Crippen LogP contribution is -2.16. The summed E-state index contributed by atoms with van der Waals surface area (Å²) in [6.07, 6.45) is 2.08. The van der Waals surface area contributed by atoms with E-state index in [4.69, 9.17) is 0 Å². The topological polar surface area (TPSA) is 12.0 Å². The Morgan fingerprint density at radius 2 is 1.87 bits per heavy atom. The Bertz CT molecular complexity index is 305. The molecule has 1 N–H and O–H groups in total. The molecule has 1 aromatic carbocycles. The lowest BCUT2D eigenvalue weighted by atomic mass is 10.2. The fourth-order valence-electron chi connectivity index (χ4n) is 1.26. The predicted molar refractivity (Wildman–Crippen MR) is 60.7 cm³/mol. The van der Waals surface area contributed by atoms with Gasteiger partial charge in [0.2, 0.25) is 0 Å². The quantitative estimate of drug-likeness (QED) is 0.811. The van der Waals surface area contributed by atoms with E-state index < -0.39 is 11.6 Å². The summed E-state index contributed by atoms with van der Waals surface area (Å²) in [5.41, 5.74) is 0.106. The molecule has 4 heteroatoms. The molecule has 0 atom stereocenters. The average molecular weight is 278 g/mol. The Labute approximate surface area is 97.0 Å². The summed E-state index contributed by atoms with van der Waals surface area (Å²) in [7, 11) is 0. The van der Waals surface area contributed by atoms with Gasteiger partial charge in [-0.1, -0.05) is 29.3 Å². The molecule has 0 heterocycles. The molecule has 0 aliphatic rings. The molecule has 1 aromatic rings. The third-order valence-electron chi connectivity index (χ3n) is 2.11. The second-order valence-corrected chi connectivity index (χ2v) is 4.29. The minimum absolute atomic E-state index is 0.106. The van der Waals surface area contributed by atoms with Crippen molar-refractivity contribution in [3.8, 4) is 0 Å². The van der Waals surface area contributed by atoms with Gasteiger partial charge in [-0.15, -0.1) is 0 Å². The number of hydrogen-bond donors (Lipinski definition) is 1. The molecule has 1 nitrogen and oxygen atoms in total. The minimum Gasteiger partial charge on any atom is -0.312 e. The molecule has 0 saturated heterocycles. The molecule has 0 fully saturated rings. The summed E-state index contributed by atoms with van der Waals surface area (Å²) in [6, 6.07) is 2.56. The van der Waals surface area contributed by atoms with Crippen LogP contribution >= 0.6 is 15.9 Å². The van der Waals surface area contributed by atoms with E-state index in [-0.39, 0.29) is 12.1 Å². The van der Waals surface area contributed by atoms with E-state index in [1.165, 1.54) is 12.1 Å². The van der Waals surface area contributed by atoms with E-state index in [0.717, 1.165) is 19.4 Å². The second-order valence-electron chi connectivity index (χ2n) is 3.38. The van der Waals surface area contributed by atoms with Crippen LogP contribution < -0.4 is 5.32 Å². The molecule has 0 spiro atoms. The second kappa shape index (κ2) is 6.18. The molecular weight excluding hydrogens is 264 g/mol. The maximum Gasteiger partial charge on any atom is 0.131 e. The molecule has 84 valence electrons. The molecule has 0 bridgehead atoms. The van der Waals surface area contributed by atoms with Crippen molar-refractivity contribution in [2.45, 2.75) is 26.3 Å². The van der Waals surface area contributed by atoms with Gasteiger partial charge >= 0.3 is 0 Å². The number of rotatable bonds is 5. The van der Waals surface area contributed by atoms with E-state index in [9.17, 15) is 8.78 Å². The number of hydrogen-bond acceptors (Lipinski definition) is 1. The lowest BCUT2D eigenvalue weighted by molar-refractivity contribution is 0.530. The molecule has 0 aliphatic carbocycles. The van der Waals surface area contributed by atoms with Gasteiger partial charge in [-0.25, -0.2) is 8.78 Å². The third kappa shape index (κ3) is 3.87. The lowest BCUT2D eigenvalue weighted by Gasteiger charge is -2.07. The Hall–Kier alpha value is -0.480. The predicted octanol–water partition coefficient (Wildman–Crippen LogP) is 3.62. The Kier molecular flexibility index (Phi) is 5.19. The first-order valence-corrected chi connectivity index (χ1v) is 5.78. The first-order chi connectivity index (χ1) is 7.15. The smallest absolute Gasteiger partial charge is 0.131 e. The first kappa shape index (κ1) is 12.6. The maximum absolute atomic E-state index is 13.3. The standard InChI is InChI=1S/C11H14BrF2N/c1-2-3-4-15-7-9-10(13)5-8(12)6-11(9)14/h5-6,15H,2-4,7H2,1H3. The number of nitrogens with one attached hydrogen (secondary N) is 1. The Morgan fingerprint density at radius 1 is 1.27 bits per heavy atom. The highest BCUT2D eigenvalue weighted by Gasteiger charge is 2.09. The van der Waals surface area contributed by atoms with Crippen LogP contribution in [0.4, 0.5) is 8.78 Å². The van der Waals surface area contributed by atoms with E-state index in [0.29, 0.717) is 4.47 Å². The largest absolute Gasteiger partial charge is 0.312 e. The van der Waals surface area contributed by atoms with Crippen LogP contribution in [0.25, 0.3) is 0 Å². The van der Waals surface area contributed by atoms with Crippen molar-refractivity contribution in [3.63, 3.8) is 0 Å². The highest BCUT2D eigenvalue weighted by molar-refractivity contribution is 9.10. The van der Waals surface area contributed by atoms with Gasteiger partial charge in [-0.05, 0) is 25.1 Å². The van der Waals surface area contributed by atoms with Gasteiger partial charge in [-0.2, -0.15) is 0 Å². The van der Waals surface area contributed by atoms with E-state index in [2.05, 4.69) is 28.2 Å². The Morgan fingerprint density at radius 3 is 2.40 bits per heavy atom. The highest BCUT2D eigenvalue weighted by atomic mass is 79.9. The molecule has 0 aromatic heterocycles. The molecule has 1 rings (SSSR count). The van der Waals surface area contributed by atoms with Crippen molar-refractivity contribution < 1.29 is 8.78 Å². The van der Waals surface area contributed by atoms with Gasteiger partial charge < -0.3 is 5.32 Å². The molecule has 0 radical (unpaired) electrons. The monoisotopic (exact) mass is 277 g/mol. The summed E-state index contributed by atoms with van der Waals surface area (Å²) in [5, 5.41) is 3.01. The molecule has 15 heavy (non-hydrogen) atoms. The van der Waals surface area contributed by atoms with E-state index in [1.54, 1.807) is 0 Å². The SMILES string of the molecule is CCCCNCc1c(F)cc(Br)cc1F. The van der Waals surface area contributed by atoms with Crippen LogP contribution in [0.3, 0.4) is 0 Å². The van der Waals surface area contributed by atoms with Crippen LogP contribution in [0.5, 0.6) is 0 Å². The molecule has 0 aliphatic heterocycles. The zero-order chi connectivity index (χ0) is 11.3. The van der Waals surface area contributed by atoms with Crippen LogP contribution in [-0.2, 0) is 6.54 Å². The normalized spacial score (nSPS) is 10.7. The van der Waals surface area contributed by atoms with Gasteiger partial charge in [0.05, 0.1) is 0 Å². The van der Waals surface area contributed by atoms with Gasteiger partial charge in [0.15, 0.2) is 0 Å². The first-order valence-electron chi connectivity index (χ1n) is 4.99. The van der Waals surface area contributed by atoms with Crippen LogP contribution in [0.1, 0.15) is 25.3 Å². The average Bonchev–Trinajstić information content (AvgIpc) is 2.15. The third-order valence-corrected chi connectivity index (χ3v) is 2.57. The molecular formula is C11H14BrF2N. The van der Waals surface area contributed by atoms with Crippen molar-refractivity contribution in [1.82, 2.24) is 5.32 Å². The van der Waals surface area contributed by atoms with Crippen molar-refractivity contribution in [1.29, 1.82) is 0 Å². The fourth-order valence-corrected chi connectivity index (χ4v) is 1.66. The summed E-state index contributed by atoms with van der Waals surface area (Å²) in [4.78, 5) is 0. The van der Waals surface area contributed by atoms with Crippen molar-refractivity contribution in [2.24, 2.45) is 0 Å². The zero-order valence-corrected chi connectivity index (χ0v) is 10.2. The van der Waals surface area contributed by atoms with Gasteiger partial charge in [0.25, 0.3) is 0 Å². The maximum atomic E-state index is 13.3. The van der Waals surface area contributed by atoms with Crippen molar-refractivity contribution >= 4 is 15.9 Å². The van der Waals surface area contributed by atoms with Crippen LogP contribution in [0, 0.1) is 11.6 Å². The van der Waals surface area contributed by atoms with Crippen molar-refractivity contribution in [2.75, 3.05) is 6.54 Å². The van der Waals surface area contributed by atoms with Crippen LogP contribution in [0.15, 0.2) is 16.6 Å². The number of halogens is 3.